The third kappa shape index (κ3) is 2.18. The minimum atomic E-state index is -3.50. The van der Waals surface area contributed by atoms with Crippen LogP contribution in [0.15, 0.2) is 17.2 Å². The van der Waals surface area contributed by atoms with Crippen LogP contribution in [-0.2, 0) is 10.0 Å². The lowest BCUT2D eigenvalue weighted by atomic mass is 10.3. The average molecular weight is 221 g/mol. The second kappa shape index (κ2) is 3.61. The van der Waals surface area contributed by atoms with Gasteiger partial charge in [-0.05, 0) is 25.6 Å². The molecule has 0 aliphatic carbocycles. The van der Waals surface area contributed by atoms with Gasteiger partial charge in [-0.3, -0.25) is 0 Å². The molecule has 0 aliphatic heterocycles. The number of pyridine rings is 1. The molecule has 0 bridgehead atoms. The highest BCUT2D eigenvalue weighted by molar-refractivity contribution is 7.89. The molecule has 0 aromatic carbocycles. The van der Waals surface area contributed by atoms with Crippen LogP contribution in [0, 0.1) is 6.92 Å². The lowest BCUT2D eigenvalue weighted by molar-refractivity contribution is 0.588. The van der Waals surface area contributed by atoms with Crippen molar-refractivity contribution < 1.29 is 8.42 Å². The van der Waals surface area contributed by atoms with Crippen LogP contribution in [0.1, 0.15) is 5.56 Å². The first-order valence-electron chi connectivity index (χ1n) is 3.53. The molecule has 4 nitrogen and oxygen atoms in total. The number of aromatic nitrogens is 1. The zero-order valence-corrected chi connectivity index (χ0v) is 8.78. The van der Waals surface area contributed by atoms with Crippen LogP contribution in [0.5, 0.6) is 0 Å². The van der Waals surface area contributed by atoms with Crippen molar-refractivity contribution in [3.63, 3.8) is 0 Å². The predicted molar refractivity (Wildman–Crippen MR) is 50.2 cm³/mol. The van der Waals surface area contributed by atoms with Crippen molar-refractivity contribution in [1.82, 2.24) is 9.71 Å². The highest BCUT2D eigenvalue weighted by atomic mass is 35.5. The summed E-state index contributed by atoms with van der Waals surface area (Å²) in [5.41, 5.74) is 0.748. The maximum absolute atomic E-state index is 11.3. The number of nitrogens with one attached hydrogen (secondary N) is 1. The van der Waals surface area contributed by atoms with E-state index in [4.69, 9.17) is 11.6 Å². The first-order valence-corrected chi connectivity index (χ1v) is 5.39. The maximum Gasteiger partial charge on any atom is 0.243 e. The minimum Gasteiger partial charge on any atom is -0.243 e. The summed E-state index contributed by atoms with van der Waals surface area (Å²) >= 11 is 5.63. The molecule has 13 heavy (non-hydrogen) atoms. The van der Waals surface area contributed by atoms with Gasteiger partial charge in [0.05, 0.1) is 0 Å². The van der Waals surface area contributed by atoms with Crippen LogP contribution in [-0.4, -0.2) is 20.4 Å². The van der Waals surface area contributed by atoms with E-state index in [0.29, 0.717) is 0 Å². The second-order valence-corrected chi connectivity index (χ2v) is 4.72. The molecule has 0 spiro atoms. The van der Waals surface area contributed by atoms with Crippen LogP contribution in [0.25, 0.3) is 0 Å². The summed E-state index contributed by atoms with van der Waals surface area (Å²) in [6, 6.07) is 1.47. The molecular weight excluding hydrogens is 212 g/mol. The van der Waals surface area contributed by atoms with Gasteiger partial charge in [-0.15, -0.1) is 0 Å². The molecule has 1 heterocycles. The highest BCUT2D eigenvalue weighted by Crippen LogP contribution is 2.18. The number of rotatable bonds is 2. The summed E-state index contributed by atoms with van der Waals surface area (Å²) in [5.74, 6) is 0. The fraction of sp³-hybridized carbons (Fsp3) is 0.286. The number of hydrogen-bond donors (Lipinski definition) is 1. The molecule has 0 amide bonds. The molecule has 0 radical (unpaired) electrons. The summed E-state index contributed by atoms with van der Waals surface area (Å²) in [4.78, 5) is 3.75. The van der Waals surface area contributed by atoms with E-state index < -0.39 is 10.0 Å². The normalized spacial score (nSPS) is 11.6. The molecule has 1 aromatic heterocycles. The predicted octanol–water partition coefficient (Wildman–Crippen LogP) is 0.952. The van der Waals surface area contributed by atoms with Crippen molar-refractivity contribution in [3.8, 4) is 0 Å². The van der Waals surface area contributed by atoms with Crippen molar-refractivity contribution in [2.45, 2.75) is 11.8 Å². The van der Waals surface area contributed by atoms with Gasteiger partial charge in [0.1, 0.15) is 10.0 Å². The third-order valence-corrected chi connectivity index (χ3v) is 3.34. The van der Waals surface area contributed by atoms with E-state index in [1.165, 1.54) is 19.3 Å². The van der Waals surface area contributed by atoms with Gasteiger partial charge >= 0.3 is 0 Å². The van der Waals surface area contributed by atoms with Gasteiger partial charge < -0.3 is 0 Å². The van der Waals surface area contributed by atoms with Crippen LogP contribution in [0.3, 0.4) is 0 Å². The molecule has 0 aliphatic rings. The summed E-state index contributed by atoms with van der Waals surface area (Å²) < 4.78 is 24.9. The Morgan fingerprint density at radius 2 is 2.15 bits per heavy atom. The van der Waals surface area contributed by atoms with E-state index in [1.807, 2.05) is 0 Å². The molecule has 0 atom stereocenters. The molecule has 0 saturated carbocycles. The molecular formula is C7H9ClN2O2S. The van der Waals surface area contributed by atoms with Gasteiger partial charge in [0, 0.05) is 6.20 Å². The molecule has 0 unspecified atom stereocenters. The number of nitrogens with zero attached hydrogens (tertiary/aromatic N) is 1. The molecule has 0 fully saturated rings. The van der Waals surface area contributed by atoms with Gasteiger partial charge in [0.2, 0.25) is 10.0 Å². The second-order valence-electron chi connectivity index (χ2n) is 2.51. The molecule has 1 aromatic rings. The van der Waals surface area contributed by atoms with E-state index >= 15 is 0 Å². The molecule has 6 heteroatoms. The number of sulfonamides is 1. The zero-order chi connectivity index (χ0) is 10.1. The summed E-state index contributed by atoms with van der Waals surface area (Å²) in [5, 5.41) is -0.0139. The fourth-order valence-electron chi connectivity index (χ4n) is 0.824. The maximum atomic E-state index is 11.3. The summed E-state index contributed by atoms with van der Waals surface area (Å²) in [7, 11) is -2.17. The average Bonchev–Trinajstić information content (AvgIpc) is 2.09. The topological polar surface area (TPSA) is 59.1 Å². The number of aryl methyl sites for hydroxylation is 1. The Kier molecular flexibility index (Phi) is 2.90. The quantitative estimate of drug-likeness (QED) is 0.755. The first kappa shape index (κ1) is 10.4. The Bertz CT molecular complexity index is 417. The Balaban J connectivity index is 3.38. The van der Waals surface area contributed by atoms with Crippen molar-refractivity contribution in [1.29, 1.82) is 0 Å². The fourth-order valence-corrected chi connectivity index (χ4v) is 2.07. The SMILES string of the molecule is CNS(=O)(=O)c1cc(C)cnc1Cl. The van der Waals surface area contributed by atoms with Gasteiger partial charge in [0.25, 0.3) is 0 Å². The van der Waals surface area contributed by atoms with E-state index in [1.54, 1.807) is 6.92 Å². The van der Waals surface area contributed by atoms with Crippen molar-refractivity contribution in [2.24, 2.45) is 0 Å². The van der Waals surface area contributed by atoms with Crippen LogP contribution < -0.4 is 4.72 Å². The van der Waals surface area contributed by atoms with Gasteiger partial charge in [-0.1, -0.05) is 11.6 Å². The number of hydrogen-bond acceptors (Lipinski definition) is 3. The minimum absolute atomic E-state index is 0.0108. The standard InChI is InChI=1S/C7H9ClN2O2S/c1-5-3-6(7(8)10-4-5)13(11,12)9-2/h3-4,9H,1-2H3. The molecule has 72 valence electrons. The monoisotopic (exact) mass is 220 g/mol. The van der Waals surface area contributed by atoms with Crippen molar-refractivity contribution >= 4 is 21.6 Å². The smallest absolute Gasteiger partial charge is 0.243 e. The molecule has 1 rings (SSSR count). The van der Waals surface area contributed by atoms with Gasteiger partial charge in [-0.2, -0.15) is 0 Å². The van der Waals surface area contributed by atoms with Gasteiger partial charge in [-0.25, -0.2) is 18.1 Å². The third-order valence-electron chi connectivity index (χ3n) is 1.50. The molecule has 1 N–H and O–H groups in total. The Morgan fingerprint density at radius 1 is 1.54 bits per heavy atom. The van der Waals surface area contributed by atoms with Crippen molar-refractivity contribution in [2.75, 3.05) is 7.05 Å². The zero-order valence-electron chi connectivity index (χ0n) is 7.20. The highest BCUT2D eigenvalue weighted by Gasteiger charge is 2.16. The van der Waals surface area contributed by atoms with Crippen LogP contribution in [0.4, 0.5) is 0 Å². The lowest BCUT2D eigenvalue weighted by Crippen LogP contribution is -2.19. The van der Waals surface area contributed by atoms with Crippen LogP contribution in [0.2, 0.25) is 5.15 Å². The largest absolute Gasteiger partial charge is 0.243 e. The van der Waals surface area contributed by atoms with E-state index in [0.717, 1.165) is 5.56 Å². The summed E-state index contributed by atoms with van der Waals surface area (Å²) in [6.45, 7) is 1.75. The van der Waals surface area contributed by atoms with E-state index in [2.05, 4.69) is 9.71 Å². The summed E-state index contributed by atoms with van der Waals surface area (Å²) in [6.07, 6.45) is 1.51. The molecule has 0 saturated heterocycles. The van der Waals surface area contributed by atoms with Crippen LogP contribution >= 0.6 is 11.6 Å². The van der Waals surface area contributed by atoms with Crippen molar-refractivity contribution in [3.05, 3.63) is 23.0 Å². The van der Waals surface area contributed by atoms with Gasteiger partial charge in [0.15, 0.2) is 0 Å². The Hall–Kier alpha value is -0.650. The number of halogens is 1. The Morgan fingerprint density at radius 3 is 2.69 bits per heavy atom. The lowest BCUT2D eigenvalue weighted by Gasteiger charge is -2.04. The Labute approximate surface area is 82.0 Å². The van der Waals surface area contributed by atoms with E-state index in [-0.39, 0.29) is 10.0 Å². The van der Waals surface area contributed by atoms with E-state index in [9.17, 15) is 8.42 Å². The first-order chi connectivity index (χ1) is 5.97.